The van der Waals surface area contributed by atoms with Crippen LogP contribution in [0, 0.1) is 13.8 Å². The van der Waals surface area contributed by atoms with Crippen LogP contribution >= 0.6 is 11.8 Å². The molecule has 1 atom stereocenters. The number of carbonyl (C=O) groups is 2. The quantitative estimate of drug-likeness (QED) is 0.611. The third kappa shape index (κ3) is 3.93. The highest BCUT2D eigenvalue weighted by Gasteiger charge is 2.35. The largest absolute Gasteiger partial charge is 0.467 e. The molecule has 0 saturated carbocycles. The van der Waals surface area contributed by atoms with Crippen LogP contribution in [0.5, 0.6) is 0 Å². The first-order valence-electron chi connectivity index (χ1n) is 8.63. The summed E-state index contributed by atoms with van der Waals surface area (Å²) in [5.74, 6) is -0.0970. The van der Waals surface area contributed by atoms with Crippen molar-refractivity contribution < 1.29 is 14.3 Å². The van der Waals surface area contributed by atoms with Gasteiger partial charge in [-0.3, -0.25) is 4.79 Å². The van der Waals surface area contributed by atoms with E-state index in [0.29, 0.717) is 18.7 Å². The van der Waals surface area contributed by atoms with Gasteiger partial charge in [0.1, 0.15) is 6.04 Å². The summed E-state index contributed by atoms with van der Waals surface area (Å²) < 4.78 is 4.94. The molecule has 0 aromatic heterocycles. The number of esters is 1. The molecule has 3 rings (SSSR count). The van der Waals surface area contributed by atoms with E-state index in [4.69, 9.17) is 4.74 Å². The van der Waals surface area contributed by atoms with Gasteiger partial charge in [-0.05, 0) is 48.2 Å². The molecule has 1 heterocycles. The number of aryl methyl sites for hydroxylation is 2. The van der Waals surface area contributed by atoms with Crippen LogP contribution < -0.4 is 0 Å². The molecule has 0 N–H and O–H groups in total. The van der Waals surface area contributed by atoms with Crippen molar-refractivity contribution in [3.05, 3.63) is 64.7 Å². The molecule has 0 spiro atoms. The number of thioether (sulfide) groups is 1. The Balaban J connectivity index is 1.75. The first-order chi connectivity index (χ1) is 12.5. The molecule has 0 saturated heterocycles. The third-order valence-electron chi connectivity index (χ3n) is 4.88. The van der Waals surface area contributed by atoms with Gasteiger partial charge in [0.2, 0.25) is 5.91 Å². The normalized spacial score (nSPS) is 16.1. The zero-order chi connectivity index (χ0) is 18.7. The van der Waals surface area contributed by atoms with Crippen LogP contribution in [0.25, 0.3) is 0 Å². The minimum Gasteiger partial charge on any atom is -0.467 e. The highest BCUT2D eigenvalue weighted by Crippen LogP contribution is 2.27. The number of hydrogen-bond donors (Lipinski definition) is 0. The van der Waals surface area contributed by atoms with E-state index in [0.717, 1.165) is 16.0 Å². The number of nitrogens with zero attached hydrogens (tertiary/aromatic N) is 1. The maximum atomic E-state index is 12.9. The van der Waals surface area contributed by atoms with Crippen LogP contribution in [0.2, 0.25) is 0 Å². The van der Waals surface area contributed by atoms with Crippen LogP contribution in [0.1, 0.15) is 22.3 Å². The summed E-state index contributed by atoms with van der Waals surface area (Å²) in [7, 11) is 1.37. The summed E-state index contributed by atoms with van der Waals surface area (Å²) >= 11 is 1.50. The van der Waals surface area contributed by atoms with Crippen molar-refractivity contribution in [2.24, 2.45) is 0 Å². The summed E-state index contributed by atoms with van der Waals surface area (Å²) in [6.45, 7) is 4.58. The fraction of sp³-hybridized carbons (Fsp3) is 0.333. The second-order valence-corrected chi connectivity index (χ2v) is 7.62. The Morgan fingerprint density at radius 3 is 2.54 bits per heavy atom. The van der Waals surface area contributed by atoms with Gasteiger partial charge < -0.3 is 9.64 Å². The Morgan fingerprint density at radius 1 is 1.12 bits per heavy atom. The molecule has 0 fully saturated rings. The van der Waals surface area contributed by atoms with Gasteiger partial charge in [-0.15, -0.1) is 11.8 Å². The van der Waals surface area contributed by atoms with Crippen molar-refractivity contribution in [1.29, 1.82) is 0 Å². The molecule has 5 heteroatoms. The van der Waals surface area contributed by atoms with Crippen molar-refractivity contribution in [1.82, 2.24) is 4.90 Å². The fourth-order valence-corrected chi connectivity index (χ4v) is 4.04. The SMILES string of the molecule is COC(=O)[C@@H]1Cc2ccccc2CN1C(=O)CSc1ccc(C)c(C)c1. The summed E-state index contributed by atoms with van der Waals surface area (Å²) in [5.41, 5.74) is 4.65. The van der Waals surface area contributed by atoms with Gasteiger partial charge in [-0.1, -0.05) is 30.3 Å². The topological polar surface area (TPSA) is 46.6 Å². The van der Waals surface area contributed by atoms with E-state index in [2.05, 4.69) is 26.0 Å². The number of amides is 1. The van der Waals surface area contributed by atoms with Gasteiger partial charge in [0, 0.05) is 17.9 Å². The van der Waals surface area contributed by atoms with Gasteiger partial charge >= 0.3 is 5.97 Å². The lowest BCUT2D eigenvalue weighted by Crippen LogP contribution is -2.49. The maximum absolute atomic E-state index is 12.9. The van der Waals surface area contributed by atoms with Gasteiger partial charge in [0.15, 0.2) is 0 Å². The molecule has 0 unspecified atom stereocenters. The molecule has 0 bridgehead atoms. The van der Waals surface area contributed by atoms with Crippen molar-refractivity contribution in [3.63, 3.8) is 0 Å². The maximum Gasteiger partial charge on any atom is 0.328 e. The molecule has 1 amide bonds. The number of carbonyl (C=O) groups excluding carboxylic acids is 2. The van der Waals surface area contributed by atoms with E-state index in [9.17, 15) is 9.59 Å². The number of hydrogen-bond acceptors (Lipinski definition) is 4. The molecule has 26 heavy (non-hydrogen) atoms. The lowest BCUT2D eigenvalue weighted by Gasteiger charge is -2.35. The minimum atomic E-state index is -0.553. The molecular formula is C21H23NO3S. The first-order valence-corrected chi connectivity index (χ1v) is 9.62. The number of benzene rings is 2. The summed E-state index contributed by atoms with van der Waals surface area (Å²) in [6.07, 6.45) is 0.503. The average Bonchev–Trinajstić information content (AvgIpc) is 2.67. The minimum absolute atomic E-state index is 0.0434. The van der Waals surface area contributed by atoms with E-state index in [1.165, 1.54) is 30.0 Å². The zero-order valence-electron chi connectivity index (χ0n) is 15.3. The molecule has 2 aromatic rings. The molecule has 1 aliphatic heterocycles. The Kier molecular flexibility index (Phi) is 5.67. The molecular weight excluding hydrogens is 346 g/mol. The second kappa shape index (κ2) is 7.96. The Bertz CT molecular complexity index is 834. The van der Waals surface area contributed by atoms with E-state index < -0.39 is 6.04 Å². The predicted octanol–water partition coefficient (Wildman–Crippen LogP) is 3.52. The molecule has 2 aromatic carbocycles. The van der Waals surface area contributed by atoms with Crippen molar-refractivity contribution in [3.8, 4) is 0 Å². The number of fused-ring (bicyclic) bond motifs is 1. The lowest BCUT2D eigenvalue weighted by molar-refractivity contribution is -0.153. The van der Waals surface area contributed by atoms with Crippen LogP contribution in [0.4, 0.5) is 0 Å². The van der Waals surface area contributed by atoms with Crippen molar-refractivity contribution in [2.75, 3.05) is 12.9 Å². The van der Waals surface area contributed by atoms with Gasteiger partial charge in [-0.2, -0.15) is 0 Å². The summed E-state index contributed by atoms with van der Waals surface area (Å²) in [6, 6.07) is 13.6. The monoisotopic (exact) mass is 369 g/mol. The summed E-state index contributed by atoms with van der Waals surface area (Å²) in [5, 5.41) is 0. The Hall–Kier alpha value is -2.27. The summed E-state index contributed by atoms with van der Waals surface area (Å²) in [4.78, 5) is 27.8. The fourth-order valence-electron chi connectivity index (χ4n) is 3.16. The van der Waals surface area contributed by atoms with Gasteiger partial charge in [0.05, 0.1) is 12.9 Å². The van der Waals surface area contributed by atoms with Crippen LogP contribution in [0.3, 0.4) is 0 Å². The van der Waals surface area contributed by atoms with Crippen molar-refractivity contribution >= 4 is 23.6 Å². The first kappa shape index (κ1) is 18.5. The van der Waals surface area contributed by atoms with Crippen LogP contribution in [-0.2, 0) is 27.3 Å². The zero-order valence-corrected chi connectivity index (χ0v) is 16.1. The molecule has 1 aliphatic rings. The lowest BCUT2D eigenvalue weighted by atomic mass is 9.94. The third-order valence-corrected chi connectivity index (χ3v) is 5.86. The molecule has 0 aliphatic carbocycles. The van der Waals surface area contributed by atoms with Crippen LogP contribution in [0.15, 0.2) is 47.4 Å². The molecule has 4 nitrogen and oxygen atoms in total. The second-order valence-electron chi connectivity index (χ2n) is 6.57. The number of methoxy groups -OCH3 is 1. The van der Waals surface area contributed by atoms with E-state index in [1.807, 2.05) is 30.3 Å². The van der Waals surface area contributed by atoms with E-state index >= 15 is 0 Å². The Morgan fingerprint density at radius 2 is 1.85 bits per heavy atom. The van der Waals surface area contributed by atoms with E-state index in [-0.39, 0.29) is 11.9 Å². The Labute approximate surface area is 158 Å². The standard InChI is InChI=1S/C21H23NO3S/c1-14-8-9-18(10-15(14)2)26-13-20(23)22-12-17-7-5-4-6-16(17)11-19(22)21(24)25-3/h4-10,19H,11-13H2,1-3H3/t19-/m0/s1. The number of rotatable bonds is 4. The highest BCUT2D eigenvalue weighted by atomic mass is 32.2. The van der Waals surface area contributed by atoms with Gasteiger partial charge in [0.25, 0.3) is 0 Å². The number of ether oxygens (including phenoxy) is 1. The average molecular weight is 369 g/mol. The predicted molar refractivity (Wildman–Crippen MR) is 103 cm³/mol. The van der Waals surface area contributed by atoms with Crippen molar-refractivity contribution in [2.45, 2.75) is 37.8 Å². The smallest absolute Gasteiger partial charge is 0.328 e. The van der Waals surface area contributed by atoms with Gasteiger partial charge in [-0.25, -0.2) is 4.79 Å². The molecule has 0 radical (unpaired) electrons. The van der Waals surface area contributed by atoms with E-state index in [1.54, 1.807) is 4.90 Å². The highest BCUT2D eigenvalue weighted by molar-refractivity contribution is 8.00. The molecule has 136 valence electrons. The van der Waals surface area contributed by atoms with Crippen LogP contribution in [-0.4, -0.2) is 35.7 Å².